The Balaban J connectivity index is 3.36. The van der Waals surface area contributed by atoms with Crippen molar-refractivity contribution >= 4 is 6.09 Å². The van der Waals surface area contributed by atoms with Gasteiger partial charge in [0.2, 0.25) is 0 Å². The number of nitrogens with two attached hydrogens (primary N) is 1. The Morgan fingerprint density at radius 1 is 1.56 bits per heavy atom. The molecule has 0 aliphatic carbocycles. The predicted octanol–water partition coefficient (Wildman–Crippen LogP) is 1.17. The van der Waals surface area contributed by atoms with Gasteiger partial charge in [0.05, 0.1) is 6.26 Å². The van der Waals surface area contributed by atoms with Crippen molar-refractivity contribution in [1.29, 1.82) is 0 Å². The molecule has 9 heavy (non-hydrogen) atoms. The Morgan fingerprint density at radius 3 is 2.67 bits per heavy atom. The summed E-state index contributed by atoms with van der Waals surface area (Å²) in [5, 5.41) is 0. The second-order valence-corrected chi connectivity index (χ2v) is 1.29. The molecule has 0 radical (unpaired) electrons. The van der Waals surface area contributed by atoms with E-state index in [-0.39, 0.29) is 0 Å². The first-order valence-electron chi connectivity index (χ1n) is 2.51. The fourth-order valence-corrected chi connectivity index (χ4v) is 0.263. The molecule has 50 valence electrons. The van der Waals surface area contributed by atoms with E-state index in [1.165, 1.54) is 6.26 Å². The lowest BCUT2D eigenvalue weighted by Crippen LogP contribution is -2.08. The van der Waals surface area contributed by atoms with E-state index in [1.807, 2.05) is 6.92 Å². The number of primary amides is 1. The normalized spacial score (nSPS) is 10.8. The Labute approximate surface area is 53.8 Å². The van der Waals surface area contributed by atoms with Gasteiger partial charge < -0.3 is 10.5 Å². The number of amides is 1. The third-order valence-corrected chi connectivity index (χ3v) is 0.566. The Bertz CT molecular complexity index is 138. The van der Waals surface area contributed by atoms with Gasteiger partial charge in [0.25, 0.3) is 0 Å². The van der Waals surface area contributed by atoms with Crippen LogP contribution in [0.1, 0.15) is 6.92 Å². The molecule has 0 aliphatic rings. The first-order valence-corrected chi connectivity index (χ1v) is 2.51. The summed E-state index contributed by atoms with van der Waals surface area (Å²) in [4.78, 5) is 9.89. The topological polar surface area (TPSA) is 52.3 Å². The number of rotatable bonds is 2. The van der Waals surface area contributed by atoms with Crippen molar-refractivity contribution in [2.75, 3.05) is 0 Å². The summed E-state index contributed by atoms with van der Waals surface area (Å²) in [6.07, 6.45) is 5.53. The average molecular weight is 127 g/mol. The Morgan fingerprint density at radius 2 is 2.22 bits per heavy atom. The summed E-state index contributed by atoms with van der Waals surface area (Å²) in [5.74, 6) is 0. The van der Waals surface area contributed by atoms with E-state index in [4.69, 9.17) is 0 Å². The van der Waals surface area contributed by atoms with Crippen molar-refractivity contribution < 1.29 is 9.53 Å². The van der Waals surface area contributed by atoms with Gasteiger partial charge in [0, 0.05) is 0 Å². The monoisotopic (exact) mass is 127 g/mol. The highest BCUT2D eigenvalue weighted by molar-refractivity contribution is 5.65. The lowest BCUT2D eigenvalue weighted by Gasteiger charge is -1.85. The molecule has 0 atom stereocenters. The van der Waals surface area contributed by atoms with Crippen molar-refractivity contribution in [1.82, 2.24) is 0 Å². The van der Waals surface area contributed by atoms with Gasteiger partial charge in [-0.3, -0.25) is 0 Å². The molecule has 3 heteroatoms. The molecular weight excluding hydrogens is 118 g/mol. The van der Waals surface area contributed by atoms with Crippen LogP contribution in [0.15, 0.2) is 24.5 Å². The van der Waals surface area contributed by atoms with Gasteiger partial charge in [-0.1, -0.05) is 12.2 Å². The second kappa shape index (κ2) is 4.90. The third kappa shape index (κ3) is 6.75. The SMILES string of the molecule is C/C=C/C=C/OC(N)=O. The van der Waals surface area contributed by atoms with Crippen LogP contribution in [0.25, 0.3) is 0 Å². The zero-order valence-corrected chi connectivity index (χ0v) is 5.20. The van der Waals surface area contributed by atoms with Gasteiger partial charge in [0.1, 0.15) is 0 Å². The molecule has 0 spiro atoms. The Hall–Kier alpha value is -1.25. The highest BCUT2D eigenvalue weighted by Crippen LogP contribution is 1.78. The largest absolute Gasteiger partial charge is 0.418 e. The van der Waals surface area contributed by atoms with Crippen LogP contribution in [0.4, 0.5) is 4.79 Å². The molecule has 0 aliphatic heterocycles. The van der Waals surface area contributed by atoms with E-state index in [9.17, 15) is 4.79 Å². The van der Waals surface area contributed by atoms with Crippen molar-refractivity contribution in [3.8, 4) is 0 Å². The number of hydrogen-bond acceptors (Lipinski definition) is 2. The molecule has 0 aromatic rings. The van der Waals surface area contributed by atoms with E-state index < -0.39 is 6.09 Å². The summed E-state index contributed by atoms with van der Waals surface area (Å²) >= 11 is 0. The maximum Gasteiger partial charge on any atom is 0.409 e. The molecule has 0 bridgehead atoms. The highest BCUT2D eigenvalue weighted by Gasteiger charge is 1.81. The van der Waals surface area contributed by atoms with E-state index in [0.29, 0.717) is 0 Å². The third-order valence-electron chi connectivity index (χ3n) is 0.566. The number of hydrogen-bond donors (Lipinski definition) is 1. The summed E-state index contributed by atoms with van der Waals surface area (Å²) in [7, 11) is 0. The molecule has 3 nitrogen and oxygen atoms in total. The molecule has 0 aromatic heterocycles. The predicted molar refractivity (Wildman–Crippen MR) is 34.6 cm³/mol. The summed E-state index contributed by atoms with van der Waals surface area (Å²) < 4.78 is 4.25. The maximum atomic E-state index is 9.89. The smallest absolute Gasteiger partial charge is 0.409 e. The number of allylic oxidation sites excluding steroid dienone is 3. The van der Waals surface area contributed by atoms with E-state index >= 15 is 0 Å². The van der Waals surface area contributed by atoms with Gasteiger partial charge in [-0.25, -0.2) is 4.79 Å². The lowest BCUT2D eigenvalue weighted by atomic mass is 10.5. The lowest BCUT2D eigenvalue weighted by molar-refractivity contribution is 0.196. The van der Waals surface area contributed by atoms with Crippen LogP contribution in [-0.2, 0) is 4.74 Å². The van der Waals surface area contributed by atoms with Crippen LogP contribution >= 0.6 is 0 Å². The molecule has 0 saturated heterocycles. The van der Waals surface area contributed by atoms with Crippen molar-refractivity contribution in [2.45, 2.75) is 6.92 Å². The summed E-state index contributed by atoms with van der Waals surface area (Å²) in [6.45, 7) is 1.86. The Kier molecular flexibility index (Phi) is 4.22. The summed E-state index contributed by atoms with van der Waals surface area (Å²) in [6, 6.07) is 0. The molecule has 0 aromatic carbocycles. The molecule has 2 N–H and O–H groups in total. The van der Waals surface area contributed by atoms with Crippen LogP contribution in [0.3, 0.4) is 0 Å². The van der Waals surface area contributed by atoms with Crippen molar-refractivity contribution in [3.63, 3.8) is 0 Å². The molecule has 0 saturated carbocycles. The molecule has 1 amide bonds. The van der Waals surface area contributed by atoms with Crippen LogP contribution in [0, 0.1) is 0 Å². The number of carbonyl (C=O) groups excluding carboxylic acids is 1. The van der Waals surface area contributed by atoms with Gasteiger partial charge in [-0.15, -0.1) is 0 Å². The summed E-state index contributed by atoms with van der Waals surface area (Å²) in [5.41, 5.74) is 4.64. The molecule has 0 unspecified atom stereocenters. The standard InChI is InChI=1S/C6H9NO2/c1-2-3-4-5-9-6(7)8/h2-5H,1H3,(H2,7,8)/b3-2+,5-4+. The van der Waals surface area contributed by atoms with E-state index in [1.54, 1.807) is 18.2 Å². The van der Waals surface area contributed by atoms with Crippen LogP contribution in [-0.4, -0.2) is 6.09 Å². The second-order valence-electron chi connectivity index (χ2n) is 1.29. The van der Waals surface area contributed by atoms with E-state index in [0.717, 1.165) is 0 Å². The first-order chi connectivity index (χ1) is 4.27. The molecule has 0 rings (SSSR count). The van der Waals surface area contributed by atoms with Crippen molar-refractivity contribution in [3.05, 3.63) is 24.5 Å². The maximum absolute atomic E-state index is 9.89. The minimum Gasteiger partial charge on any atom is -0.418 e. The average Bonchev–Trinajstić information content (AvgIpc) is 1.80. The van der Waals surface area contributed by atoms with Crippen LogP contribution < -0.4 is 5.73 Å². The zero-order valence-electron chi connectivity index (χ0n) is 5.20. The first kappa shape index (κ1) is 7.75. The number of carbonyl (C=O) groups is 1. The highest BCUT2D eigenvalue weighted by atomic mass is 16.5. The van der Waals surface area contributed by atoms with Gasteiger partial charge in [0.15, 0.2) is 0 Å². The number of ether oxygens (including phenoxy) is 1. The fourth-order valence-electron chi connectivity index (χ4n) is 0.263. The van der Waals surface area contributed by atoms with Gasteiger partial charge >= 0.3 is 6.09 Å². The molecular formula is C6H9NO2. The van der Waals surface area contributed by atoms with Crippen LogP contribution in [0.2, 0.25) is 0 Å². The zero-order chi connectivity index (χ0) is 7.11. The minimum absolute atomic E-state index is 0.796. The van der Waals surface area contributed by atoms with Crippen molar-refractivity contribution in [2.24, 2.45) is 5.73 Å². The van der Waals surface area contributed by atoms with Gasteiger partial charge in [-0.2, -0.15) is 0 Å². The van der Waals surface area contributed by atoms with Gasteiger partial charge in [-0.05, 0) is 13.0 Å². The minimum atomic E-state index is -0.796. The van der Waals surface area contributed by atoms with Crippen LogP contribution in [0.5, 0.6) is 0 Å². The molecule has 0 heterocycles. The quantitative estimate of drug-likeness (QED) is 0.447. The molecule has 0 fully saturated rings. The fraction of sp³-hybridized carbons (Fsp3) is 0.167. The van der Waals surface area contributed by atoms with E-state index in [2.05, 4.69) is 10.5 Å².